The number of phenols is 1. The SMILES string of the molecule is Cc1cc(C)c(N(c2cccc(-c3nc(-c4cc(C(C)(C)C)cc(C(C)(C)C)c4O)c4oc5ccccc5c4n3)c2)c2ccccn2)c(C)c1. The molecule has 6 nitrogen and oxygen atoms in total. The van der Waals surface area contributed by atoms with Crippen molar-refractivity contribution < 1.29 is 9.52 Å². The van der Waals surface area contributed by atoms with Crippen LogP contribution in [0.4, 0.5) is 17.2 Å². The zero-order valence-electron chi connectivity index (χ0n) is 30.4. The molecule has 0 fully saturated rings. The van der Waals surface area contributed by atoms with Gasteiger partial charge in [-0.1, -0.05) is 95.6 Å². The lowest BCUT2D eigenvalue weighted by atomic mass is 9.78. The number of rotatable bonds is 5. The minimum absolute atomic E-state index is 0.166. The molecule has 0 radical (unpaired) electrons. The van der Waals surface area contributed by atoms with Gasteiger partial charge in [0.05, 0.1) is 5.69 Å². The maximum Gasteiger partial charge on any atom is 0.180 e. The average molecular weight is 661 g/mol. The highest BCUT2D eigenvalue weighted by Gasteiger charge is 2.29. The Kier molecular flexibility index (Phi) is 8.01. The first-order chi connectivity index (χ1) is 23.7. The summed E-state index contributed by atoms with van der Waals surface area (Å²) in [4.78, 5) is 17.4. The average Bonchev–Trinajstić information content (AvgIpc) is 3.44. The molecule has 7 aromatic rings. The molecule has 0 saturated carbocycles. The van der Waals surface area contributed by atoms with Crippen LogP contribution in [-0.2, 0) is 10.8 Å². The third-order valence-corrected chi connectivity index (χ3v) is 9.36. The zero-order chi connectivity index (χ0) is 35.5. The summed E-state index contributed by atoms with van der Waals surface area (Å²) in [6, 6.07) is 30.8. The number of aryl methyl sites for hydroxylation is 3. The van der Waals surface area contributed by atoms with Gasteiger partial charge < -0.3 is 9.52 Å². The number of para-hydroxylation sites is 1. The molecule has 0 unspecified atom stereocenters. The van der Waals surface area contributed by atoms with E-state index in [2.05, 4.69) is 104 Å². The minimum atomic E-state index is -0.307. The van der Waals surface area contributed by atoms with Gasteiger partial charge in [0.15, 0.2) is 11.4 Å². The van der Waals surface area contributed by atoms with Crippen molar-refractivity contribution in [2.75, 3.05) is 4.90 Å². The third kappa shape index (κ3) is 5.89. The van der Waals surface area contributed by atoms with E-state index in [-0.39, 0.29) is 16.6 Å². The molecule has 3 heterocycles. The molecule has 0 aliphatic carbocycles. The molecule has 252 valence electrons. The van der Waals surface area contributed by atoms with E-state index in [1.54, 1.807) is 0 Å². The first kappa shape index (κ1) is 33.0. The van der Waals surface area contributed by atoms with Gasteiger partial charge in [-0.2, -0.15) is 0 Å². The minimum Gasteiger partial charge on any atom is -0.507 e. The van der Waals surface area contributed by atoms with E-state index < -0.39 is 0 Å². The molecule has 0 aliphatic rings. The van der Waals surface area contributed by atoms with Crippen molar-refractivity contribution >= 4 is 39.3 Å². The number of aromatic nitrogens is 3. The van der Waals surface area contributed by atoms with Crippen molar-refractivity contribution in [3.63, 3.8) is 0 Å². The first-order valence-electron chi connectivity index (χ1n) is 17.2. The fourth-order valence-corrected chi connectivity index (χ4v) is 6.89. The Labute approximate surface area is 294 Å². The molecular formula is C44H44N4O2. The second-order valence-corrected chi connectivity index (χ2v) is 15.4. The van der Waals surface area contributed by atoms with Gasteiger partial charge in [0.25, 0.3) is 0 Å². The summed E-state index contributed by atoms with van der Waals surface area (Å²) >= 11 is 0. The number of hydrogen-bond acceptors (Lipinski definition) is 6. The van der Waals surface area contributed by atoms with Crippen LogP contribution in [0.15, 0.2) is 102 Å². The Balaban J connectivity index is 1.51. The largest absolute Gasteiger partial charge is 0.507 e. The van der Waals surface area contributed by atoms with Gasteiger partial charge in [0, 0.05) is 34.0 Å². The van der Waals surface area contributed by atoms with E-state index in [1.165, 1.54) is 5.56 Å². The molecule has 0 aliphatic heterocycles. The number of phenolic OH excluding ortho intramolecular Hbond substituents is 1. The van der Waals surface area contributed by atoms with E-state index in [0.717, 1.165) is 56.0 Å². The Morgan fingerprint density at radius 2 is 1.44 bits per heavy atom. The molecule has 0 bridgehead atoms. The quantitative estimate of drug-likeness (QED) is 0.198. The van der Waals surface area contributed by atoms with Crippen molar-refractivity contribution in [1.82, 2.24) is 15.0 Å². The summed E-state index contributed by atoms with van der Waals surface area (Å²) in [5.41, 5.74) is 11.1. The smallest absolute Gasteiger partial charge is 0.180 e. The predicted molar refractivity (Wildman–Crippen MR) is 206 cm³/mol. The van der Waals surface area contributed by atoms with Crippen LogP contribution in [0.5, 0.6) is 5.75 Å². The summed E-state index contributed by atoms with van der Waals surface area (Å²) < 4.78 is 6.50. The number of nitrogens with zero attached hydrogens (tertiary/aromatic N) is 4. The molecular weight excluding hydrogens is 617 g/mol. The lowest BCUT2D eigenvalue weighted by molar-refractivity contribution is 0.446. The highest BCUT2D eigenvalue weighted by atomic mass is 16.3. The number of pyridine rings is 1. The third-order valence-electron chi connectivity index (χ3n) is 9.36. The molecule has 3 aromatic heterocycles. The molecule has 0 spiro atoms. The second kappa shape index (κ2) is 12.1. The van der Waals surface area contributed by atoms with Gasteiger partial charge in [0.1, 0.15) is 28.4 Å². The van der Waals surface area contributed by atoms with Crippen molar-refractivity contribution in [3.05, 3.63) is 125 Å². The number of benzene rings is 4. The van der Waals surface area contributed by atoms with E-state index in [4.69, 9.17) is 19.4 Å². The van der Waals surface area contributed by atoms with E-state index in [9.17, 15) is 5.11 Å². The maximum atomic E-state index is 12.0. The molecule has 0 atom stereocenters. The molecule has 6 heteroatoms. The summed E-state index contributed by atoms with van der Waals surface area (Å²) in [5.74, 6) is 1.56. The topological polar surface area (TPSA) is 75.3 Å². The van der Waals surface area contributed by atoms with Crippen molar-refractivity contribution in [1.29, 1.82) is 0 Å². The van der Waals surface area contributed by atoms with Crippen LogP contribution < -0.4 is 4.90 Å². The fraction of sp³-hybridized carbons (Fsp3) is 0.250. The van der Waals surface area contributed by atoms with Crippen LogP contribution >= 0.6 is 0 Å². The molecule has 7 rings (SSSR count). The highest BCUT2D eigenvalue weighted by molar-refractivity contribution is 6.07. The van der Waals surface area contributed by atoms with Gasteiger partial charge in [-0.15, -0.1) is 0 Å². The normalized spacial score (nSPS) is 12.2. The van der Waals surface area contributed by atoms with Gasteiger partial charge in [0.2, 0.25) is 0 Å². The first-order valence-corrected chi connectivity index (χ1v) is 17.2. The standard InChI is InChI=1S/C44H44N4O2/c1-26-21-27(2)39(28(3)22-26)48(36-19-12-13-20-45-36)31-16-14-15-29(23-31)42-46-37-32-17-10-11-18-35(32)50-41(37)38(47-42)33-24-30(43(4,5)6)25-34(40(33)49)44(7,8)9/h10-25,49H,1-9H3. The van der Waals surface area contributed by atoms with Gasteiger partial charge in [-0.05, 0) is 90.8 Å². The van der Waals surface area contributed by atoms with Gasteiger partial charge >= 0.3 is 0 Å². The summed E-state index contributed by atoms with van der Waals surface area (Å²) in [5, 5.41) is 12.9. The summed E-state index contributed by atoms with van der Waals surface area (Å²) in [7, 11) is 0. The van der Waals surface area contributed by atoms with E-state index >= 15 is 0 Å². The van der Waals surface area contributed by atoms with Gasteiger partial charge in [-0.25, -0.2) is 15.0 Å². The Morgan fingerprint density at radius 1 is 0.720 bits per heavy atom. The van der Waals surface area contributed by atoms with E-state index in [1.807, 2.05) is 60.8 Å². The van der Waals surface area contributed by atoms with E-state index in [0.29, 0.717) is 28.2 Å². The van der Waals surface area contributed by atoms with Crippen LogP contribution in [0, 0.1) is 20.8 Å². The molecule has 50 heavy (non-hydrogen) atoms. The van der Waals surface area contributed by atoms with Crippen molar-refractivity contribution in [2.45, 2.75) is 73.1 Å². The van der Waals surface area contributed by atoms with Crippen LogP contribution in [0.2, 0.25) is 0 Å². The van der Waals surface area contributed by atoms with Gasteiger partial charge in [-0.3, -0.25) is 4.90 Å². The predicted octanol–water partition coefficient (Wildman–Crippen LogP) is 11.8. The van der Waals surface area contributed by atoms with Crippen LogP contribution in [0.1, 0.15) is 69.4 Å². The molecule has 4 aromatic carbocycles. The second-order valence-electron chi connectivity index (χ2n) is 15.4. The summed E-state index contributed by atoms with van der Waals surface area (Å²) in [6.07, 6.45) is 1.82. The Morgan fingerprint density at radius 3 is 2.12 bits per heavy atom. The number of hydrogen-bond donors (Lipinski definition) is 1. The lowest BCUT2D eigenvalue weighted by Gasteiger charge is -2.28. The number of anilines is 3. The summed E-state index contributed by atoms with van der Waals surface area (Å²) in [6.45, 7) is 19.3. The van der Waals surface area contributed by atoms with Crippen LogP contribution in [-0.4, -0.2) is 20.1 Å². The van der Waals surface area contributed by atoms with Crippen molar-refractivity contribution in [2.24, 2.45) is 0 Å². The lowest BCUT2D eigenvalue weighted by Crippen LogP contribution is -2.17. The highest BCUT2D eigenvalue weighted by Crippen LogP contribution is 2.45. The fourth-order valence-electron chi connectivity index (χ4n) is 6.89. The molecule has 0 saturated heterocycles. The maximum absolute atomic E-state index is 12.0. The Hall–Kier alpha value is -5.49. The monoisotopic (exact) mass is 660 g/mol. The zero-order valence-corrected chi connectivity index (χ0v) is 30.4. The Bertz CT molecular complexity index is 2370. The number of furan rings is 1. The van der Waals surface area contributed by atoms with Crippen LogP contribution in [0.25, 0.3) is 44.7 Å². The molecule has 1 N–H and O–H groups in total. The van der Waals surface area contributed by atoms with Crippen LogP contribution in [0.3, 0.4) is 0 Å². The molecule has 0 amide bonds. The number of aromatic hydroxyl groups is 1. The van der Waals surface area contributed by atoms with Crippen molar-refractivity contribution in [3.8, 4) is 28.4 Å². The number of fused-ring (bicyclic) bond motifs is 3.